The van der Waals surface area contributed by atoms with Gasteiger partial charge in [-0.3, -0.25) is 10.1 Å². The average Bonchev–Trinajstić information content (AvgIpc) is 2.47. The Morgan fingerprint density at radius 2 is 2.30 bits per heavy atom. The van der Waals surface area contributed by atoms with Gasteiger partial charge in [0.05, 0.1) is 17.1 Å². The molecule has 1 atom stereocenters. The molecule has 2 rings (SSSR count). The van der Waals surface area contributed by atoms with E-state index in [1.807, 2.05) is 6.92 Å². The third kappa shape index (κ3) is 3.37. The van der Waals surface area contributed by atoms with Crippen molar-refractivity contribution in [2.45, 2.75) is 33.1 Å². The Morgan fingerprint density at radius 3 is 2.95 bits per heavy atom. The minimum Gasteiger partial charge on any atom is -0.370 e. The Morgan fingerprint density at radius 1 is 1.50 bits per heavy atom. The molecule has 1 aromatic heterocycles. The van der Waals surface area contributed by atoms with Crippen LogP contribution in [0.25, 0.3) is 0 Å². The van der Waals surface area contributed by atoms with E-state index in [2.05, 4.69) is 22.1 Å². The van der Waals surface area contributed by atoms with Crippen molar-refractivity contribution in [3.05, 3.63) is 22.2 Å². The molecule has 0 saturated carbocycles. The van der Waals surface area contributed by atoms with Gasteiger partial charge in [0.25, 0.3) is 5.69 Å². The van der Waals surface area contributed by atoms with Gasteiger partial charge in [0, 0.05) is 19.6 Å². The first kappa shape index (κ1) is 14.6. The van der Waals surface area contributed by atoms with Crippen molar-refractivity contribution in [2.75, 3.05) is 29.9 Å². The smallest absolute Gasteiger partial charge is 0.276 e. The number of nitrogens with one attached hydrogen (secondary N) is 1. The van der Waals surface area contributed by atoms with Crippen molar-refractivity contribution >= 4 is 17.3 Å². The lowest BCUT2D eigenvalue weighted by Crippen LogP contribution is -2.35. The zero-order valence-corrected chi connectivity index (χ0v) is 12.1. The van der Waals surface area contributed by atoms with Gasteiger partial charge in [0.2, 0.25) is 0 Å². The maximum atomic E-state index is 11.0. The van der Waals surface area contributed by atoms with Crippen LogP contribution >= 0.6 is 0 Å². The predicted molar refractivity (Wildman–Crippen MR) is 80.3 cm³/mol. The van der Waals surface area contributed by atoms with E-state index in [4.69, 9.17) is 0 Å². The number of anilines is 2. The molecule has 0 bridgehead atoms. The number of rotatable bonds is 5. The van der Waals surface area contributed by atoms with Crippen molar-refractivity contribution in [2.24, 2.45) is 5.92 Å². The van der Waals surface area contributed by atoms with Crippen LogP contribution in [-0.2, 0) is 0 Å². The van der Waals surface area contributed by atoms with Gasteiger partial charge < -0.3 is 10.2 Å². The summed E-state index contributed by atoms with van der Waals surface area (Å²) in [6, 6.07) is 3.08. The number of nitrogens with zero attached hydrogens (tertiary/aromatic N) is 3. The molecule has 0 radical (unpaired) electrons. The summed E-state index contributed by atoms with van der Waals surface area (Å²) in [6.45, 7) is 6.71. The Balaban J connectivity index is 2.27. The third-order valence-corrected chi connectivity index (χ3v) is 3.79. The van der Waals surface area contributed by atoms with Crippen molar-refractivity contribution < 1.29 is 4.92 Å². The summed E-state index contributed by atoms with van der Waals surface area (Å²) >= 11 is 0. The fourth-order valence-corrected chi connectivity index (χ4v) is 2.65. The molecule has 0 aromatic carbocycles. The van der Waals surface area contributed by atoms with Crippen molar-refractivity contribution in [1.29, 1.82) is 0 Å². The number of hydrogen-bond acceptors (Lipinski definition) is 5. The molecule has 1 unspecified atom stereocenters. The number of piperidine rings is 1. The van der Waals surface area contributed by atoms with E-state index < -0.39 is 0 Å². The second kappa shape index (κ2) is 6.54. The van der Waals surface area contributed by atoms with Crippen LogP contribution in [0.3, 0.4) is 0 Å². The average molecular weight is 278 g/mol. The van der Waals surface area contributed by atoms with Crippen molar-refractivity contribution in [3.63, 3.8) is 0 Å². The van der Waals surface area contributed by atoms with E-state index in [9.17, 15) is 10.1 Å². The number of aromatic nitrogens is 1. The van der Waals surface area contributed by atoms with Crippen molar-refractivity contribution in [1.82, 2.24) is 4.98 Å². The van der Waals surface area contributed by atoms with Gasteiger partial charge in [0.1, 0.15) is 11.6 Å². The van der Waals surface area contributed by atoms with Gasteiger partial charge in [-0.15, -0.1) is 0 Å². The van der Waals surface area contributed by atoms with Crippen molar-refractivity contribution in [3.8, 4) is 0 Å². The zero-order valence-electron chi connectivity index (χ0n) is 12.1. The van der Waals surface area contributed by atoms with Crippen LogP contribution in [0.15, 0.2) is 12.1 Å². The molecule has 1 N–H and O–H groups in total. The molecule has 1 aliphatic heterocycles. The molecular formula is C14H22N4O2. The van der Waals surface area contributed by atoms with Crippen LogP contribution in [0.1, 0.15) is 33.1 Å². The number of pyridine rings is 1. The monoisotopic (exact) mass is 278 g/mol. The highest BCUT2D eigenvalue weighted by molar-refractivity contribution is 5.56. The standard InChI is InChI=1S/C14H22N4O2/c1-3-11-6-5-7-17(10-11)14-9-12(18(19)20)8-13(16-14)15-4-2/h8-9,11H,3-7,10H2,1-2H3,(H,15,16). The molecule has 6 nitrogen and oxygen atoms in total. The third-order valence-electron chi connectivity index (χ3n) is 3.79. The highest BCUT2D eigenvalue weighted by atomic mass is 16.6. The normalized spacial score (nSPS) is 18.9. The molecule has 1 aliphatic rings. The molecule has 110 valence electrons. The summed E-state index contributed by atoms with van der Waals surface area (Å²) in [7, 11) is 0. The molecule has 20 heavy (non-hydrogen) atoms. The molecule has 0 aliphatic carbocycles. The largest absolute Gasteiger partial charge is 0.370 e. The van der Waals surface area contributed by atoms with Crippen LogP contribution in [0.4, 0.5) is 17.3 Å². The van der Waals surface area contributed by atoms with Crippen LogP contribution in [0.5, 0.6) is 0 Å². The summed E-state index contributed by atoms with van der Waals surface area (Å²) in [5.74, 6) is 1.95. The van der Waals surface area contributed by atoms with Crippen LogP contribution in [-0.4, -0.2) is 29.5 Å². The lowest BCUT2D eigenvalue weighted by Gasteiger charge is -2.33. The second-order valence-electron chi connectivity index (χ2n) is 5.22. The minimum absolute atomic E-state index is 0.101. The molecule has 0 amide bonds. The first-order chi connectivity index (χ1) is 9.63. The van der Waals surface area contributed by atoms with E-state index >= 15 is 0 Å². The van der Waals surface area contributed by atoms with E-state index in [1.54, 1.807) is 6.07 Å². The lowest BCUT2D eigenvalue weighted by molar-refractivity contribution is -0.384. The fourth-order valence-electron chi connectivity index (χ4n) is 2.65. The van der Waals surface area contributed by atoms with Crippen LogP contribution < -0.4 is 10.2 Å². The Kier molecular flexibility index (Phi) is 4.76. The quantitative estimate of drug-likeness (QED) is 0.662. The van der Waals surface area contributed by atoms with Gasteiger partial charge in [-0.25, -0.2) is 4.98 Å². The van der Waals surface area contributed by atoms with Crippen LogP contribution in [0.2, 0.25) is 0 Å². The summed E-state index contributed by atoms with van der Waals surface area (Å²) in [6.07, 6.45) is 3.51. The highest BCUT2D eigenvalue weighted by Gasteiger charge is 2.22. The molecule has 0 spiro atoms. The molecule has 6 heteroatoms. The summed E-state index contributed by atoms with van der Waals surface area (Å²) < 4.78 is 0. The first-order valence-corrected chi connectivity index (χ1v) is 7.29. The predicted octanol–water partition coefficient (Wildman–Crippen LogP) is 3.05. The number of hydrogen-bond donors (Lipinski definition) is 1. The lowest BCUT2D eigenvalue weighted by atomic mass is 9.96. The highest BCUT2D eigenvalue weighted by Crippen LogP contribution is 2.28. The zero-order chi connectivity index (χ0) is 14.5. The number of nitro groups is 1. The Hall–Kier alpha value is -1.85. The topological polar surface area (TPSA) is 71.3 Å². The molecule has 1 saturated heterocycles. The van der Waals surface area contributed by atoms with E-state index in [-0.39, 0.29) is 10.6 Å². The van der Waals surface area contributed by atoms with Gasteiger partial charge in [-0.2, -0.15) is 0 Å². The Labute approximate surface area is 119 Å². The van der Waals surface area contributed by atoms with Gasteiger partial charge in [-0.1, -0.05) is 13.3 Å². The van der Waals surface area contributed by atoms with Gasteiger partial charge >= 0.3 is 0 Å². The summed E-state index contributed by atoms with van der Waals surface area (Å²) in [5.41, 5.74) is 0.101. The summed E-state index contributed by atoms with van der Waals surface area (Å²) in [4.78, 5) is 17.4. The Bertz CT molecular complexity index is 478. The molecule has 2 heterocycles. The second-order valence-corrected chi connectivity index (χ2v) is 5.22. The SMILES string of the molecule is CCNc1cc([N+](=O)[O-])cc(N2CCCC(CC)C2)n1. The van der Waals surface area contributed by atoms with E-state index in [1.165, 1.54) is 12.5 Å². The maximum Gasteiger partial charge on any atom is 0.276 e. The van der Waals surface area contributed by atoms with Crippen LogP contribution in [0, 0.1) is 16.0 Å². The first-order valence-electron chi connectivity index (χ1n) is 7.29. The maximum absolute atomic E-state index is 11.0. The molecule has 1 fully saturated rings. The molecule has 1 aromatic rings. The van der Waals surface area contributed by atoms with Gasteiger partial charge in [0.15, 0.2) is 0 Å². The van der Waals surface area contributed by atoms with E-state index in [0.717, 1.165) is 25.9 Å². The molecular weight excluding hydrogens is 256 g/mol. The fraction of sp³-hybridized carbons (Fsp3) is 0.643. The minimum atomic E-state index is -0.354. The van der Waals surface area contributed by atoms with Gasteiger partial charge in [-0.05, 0) is 25.7 Å². The summed E-state index contributed by atoms with van der Waals surface area (Å²) in [5, 5.41) is 14.1. The van der Waals surface area contributed by atoms with E-state index in [0.29, 0.717) is 24.1 Å².